The normalized spacial score (nSPS) is 16.4. The van der Waals surface area contributed by atoms with Gasteiger partial charge in [0, 0.05) is 32.2 Å². The Morgan fingerprint density at radius 1 is 1.30 bits per heavy atom. The average molecular weight is 315 g/mol. The number of aromatic amines is 2. The Morgan fingerprint density at radius 2 is 2.04 bits per heavy atom. The van der Waals surface area contributed by atoms with Gasteiger partial charge >= 0.3 is 11.7 Å². The molecule has 1 fully saturated rings. The van der Waals surface area contributed by atoms with Crippen LogP contribution in [-0.2, 0) is 0 Å². The Labute approximate surface area is 134 Å². The van der Waals surface area contributed by atoms with Crippen LogP contribution in [0.2, 0.25) is 0 Å². The van der Waals surface area contributed by atoms with E-state index in [0.29, 0.717) is 13.1 Å². The van der Waals surface area contributed by atoms with E-state index < -0.39 is 0 Å². The Balaban J connectivity index is 1.70. The first-order valence-electron chi connectivity index (χ1n) is 7.72. The monoisotopic (exact) mass is 315 g/mol. The van der Waals surface area contributed by atoms with Crippen molar-refractivity contribution in [1.29, 1.82) is 0 Å². The van der Waals surface area contributed by atoms with Crippen LogP contribution in [-0.4, -0.2) is 53.1 Å². The number of aromatic nitrogens is 2. The summed E-state index contributed by atoms with van der Waals surface area (Å²) in [4.78, 5) is 33.2. The molecule has 1 aliphatic heterocycles. The van der Waals surface area contributed by atoms with Gasteiger partial charge in [0.25, 0.3) is 0 Å². The number of benzene rings is 1. The van der Waals surface area contributed by atoms with Gasteiger partial charge in [-0.15, -0.1) is 6.58 Å². The van der Waals surface area contributed by atoms with Crippen LogP contribution in [0.3, 0.4) is 0 Å². The number of imidazole rings is 1. The van der Waals surface area contributed by atoms with Crippen molar-refractivity contribution in [3.8, 4) is 0 Å². The van der Waals surface area contributed by atoms with E-state index in [1.807, 2.05) is 25.1 Å². The van der Waals surface area contributed by atoms with Crippen LogP contribution in [0.5, 0.6) is 0 Å². The van der Waals surface area contributed by atoms with Gasteiger partial charge in [0.05, 0.1) is 16.7 Å². The minimum Gasteiger partial charge on any atom is -0.366 e. The number of nitrogens with one attached hydrogen (secondary N) is 3. The van der Waals surface area contributed by atoms with Crippen molar-refractivity contribution in [2.24, 2.45) is 0 Å². The summed E-state index contributed by atoms with van der Waals surface area (Å²) in [6, 6.07) is 5.68. The third kappa shape index (κ3) is 3.08. The smallest absolute Gasteiger partial charge is 0.323 e. The maximum absolute atomic E-state index is 12.1. The lowest BCUT2D eigenvalue weighted by Gasteiger charge is -2.36. The lowest BCUT2D eigenvalue weighted by atomic mass is 10.2. The highest BCUT2D eigenvalue weighted by Crippen LogP contribution is 2.24. The van der Waals surface area contributed by atoms with E-state index in [2.05, 4.69) is 26.8 Å². The van der Waals surface area contributed by atoms with Crippen LogP contribution in [0.4, 0.5) is 10.5 Å². The quantitative estimate of drug-likeness (QED) is 0.746. The number of urea groups is 1. The van der Waals surface area contributed by atoms with Crippen molar-refractivity contribution in [2.45, 2.75) is 13.0 Å². The number of amides is 2. The van der Waals surface area contributed by atoms with Gasteiger partial charge in [0.15, 0.2) is 0 Å². The second-order valence-corrected chi connectivity index (χ2v) is 5.73. The summed E-state index contributed by atoms with van der Waals surface area (Å²) in [6.45, 7) is 8.29. The number of H-pyrrole nitrogens is 2. The second kappa shape index (κ2) is 6.20. The number of hydrogen-bond acceptors (Lipinski definition) is 3. The molecule has 0 spiro atoms. The molecular formula is C16H21N5O2. The van der Waals surface area contributed by atoms with Crippen LogP contribution in [0.15, 0.2) is 35.6 Å². The first kappa shape index (κ1) is 15.2. The van der Waals surface area contributed by atoms with E-state index >= 15 is 0 Å². The molecule has 7 nitrogen and oxygen atoms in total. The third-order valence-electron chi connectivity index (χ3n) is 4.14. The number of carbonyl (C=O) groups excluding carboxylic acids is 1. The van der Waals surface area contributed by atoms with Crippen molar-refractivity contribution in [3.63, 3.8) is 0 Å². The maximum atomic E-state index is 12.1. The molecule has 1 aromatic carbocycles. The largest absolute Gasteiger partial charge is 0.366 e. The molecule has 23 heavy (non-hydrogen) atoms. The van der Waals surface area contributed by atoms with E-state index in [1.165, 1.54) is 0 Å². The summed E-state index contributed by atoms with van der Waals surface area (Å²) in [5.74, 6) is 0. The van der Waals surface area contributed by atoms with Crippen molar-refractivity contribution < 1.29 is 4.79 Å². The molecule has 1 unspecified atom stereocenters. The molecule has 0 saturated carbocycles. The fraction of sp³-hybridized carbons (Fsp3) is 0.375. The number of piperazine rings is 1. The molecule has 0 bridgehead atoms. The molecule has 1 atom stereocenters. The summed E-state index contributed by atoms with van der Waals surface area (Å²) in [5.41, 5.74) is 2.40. The van der Waals surface area contributed by atoms with Crippen LogP contribution in [0, 0.1) is 0 Å². The zero-order chi connectivity index (χ0) is 16.4. The molecular weight excluding hydrogens is 294 g/mol. The molecule has 2 heterocycles. The zero-order valence-corrected chi connectivity index (χ0v) is 13.1. The predicted octanol–water partition coefficient (Wildman–Crippen LogP) is 1.26. The van der Waals surface area contributed by atoms with Crippen molar-refractivity contribution in [3.05, 3.63) is 41.3 Å². The standard InChI is InChI=1S/C16H21N5O2/c1-3-11(2)17-16(23)21-9-7-20(8-10-21)13-6-4-5-12-14(13)19-15(22)18-12/h3-6,11H,1,7-10H2,2H3,(H,17,23)(H2,18,19,22). The molecule has 2 amide bonds. The highest BCUT2D eigenvalue weighted by molar-refractivity contribution is 5.88. The fourth-order valence-corrected chi connectivity index (χ4v) is 2.80. The SMILES string of the molecule is C=CC(C)NC(=O)N1CCN(c2cccc3[nH]c(=O)[nH]c23)CC1. The highest BCUT2D eigenvalue weighted by Gasteiger charge is 2.23. The van der Waals surface area contributed by atoms with Gasteiger partial charge in [-0.25, -0.2) is 9.59 Å². The topological polar surface area (TPSA) is 84.2 Å². The number of fused-ring (bicyclic) bond motifs is 1. The molecule has 2 aromatic rings. The minimum atomic E-state index is -0.205. The van der Waals surface area contributed by atoms with Crippen LogP contribution >= 0.6 is 0 Å². The first-order chi connectivity index (χ1) is 11.1. The third-order valence-corrected chi connectivity index (χ3v) is 4.14. The second-order valence-electron chi connectivity index (χ2n) is 5.73. The molecule has 7 heteroatoms. The summed E-state index contributed by atoms with van der Waals surface area (Å²) in [5, 5.41) is 2.88. The number of hydrogen-bond donors (Lipinski definition) is 3. The van der Waals surface area contributed by atoms with Crippen LogP contribution in [0.25, 0.3) is 11.0 Å². The molecule has 0 radical (unpaired) electrons. The number of carbonyl (C=O) groups is 1. The Morgan fingerprint density at radius 3 is 2.74 bits per heavy atom. The lowest BCUT2D eigenvalue weighted by molar-refractivity contribution is 0.193. The maximum Gasteiger partial charge on any atom is 0.323 e. The Hall–Kier alpha value is -2.70. The lowest BCUT2D eigenvalue weighted by Crippen LogP contribution is -2.53. The number of nitrogens with zero attached hydrogens (tertiary/aromatic N) is 2. The van der Waals surface area contributed by atoms with Gasteiger partial charge in [-0.1, -0.05) is 12.1 Å². The molecule has 1 aromatic heterocycles. The fourth-order valence-electron chi connectivity index (χ4n) is 2.80. The first-order valence-corrected chi connectivity index (χ1v) is 7.72. The number of para-hydroxylation sites is 1. The van der Waals surface area contributed by atoms with Gasteiger partial charge in [0.2, 0.25) is 0 Å². The summed E-state index contributed by atoms with van der Waals surface area (Å²) >= 11 is 0. The zero-order valence-electron chi connectivity index (χ0n) is 13.1. The van der Waals surface area contributed by atoms with Crippen molar-refractivity contribution >= 4 is 22.8 Å². The number of rotatable bonds is 3. The molecule has 1 aliphatic rings. The molecule has 1 saturated heterocycles. The van der Waals surface area contributed by atoms with Gasteiger partial charge in [-0.05, 0) is 19.1 Å². The molecule has 3 N–H and O–H groups in total. The van der Waals surface area contributed by atoms with Gasteiger partial charge in [-0.2, -0.15) is 0 Å². The Kier molecular flexibility index (Phi) is 4.10. The van der Waals surface area contributed by atoms with E-state index in [-0.39, 0.29) is 17.8 Å². The predicted molar refractivity (Wildman–Crippen MR) is 90.9 cm³/mol. The highest BCUT2D eigenvalue weighted by atomic mass is 16.2. The summed E-state index contributed by atoms with van der Waals surface area (Å²) in [6.07, 6.45) is 1.71. The van der Waals surface area contributed by atoms with Crippen LogP contribution < -0.4 is 15.9 Å². The molecule has 3 rings (SSSR count). The number of anilines is 1. The van der Waals surface area contributed by atoms with E-state index in [1.54, 1.807) is 11.0 Å². The van der Waals surface area contributed by atoms with Crippen molar-refractivity contribution in [2.75, 3.05) is 31.1 Å². The van der Waals surface area contributed by atoms with Crippen molar-refractivity contribution in [1.82, 2.24) is 20.2 Å². The molecule has 0 aliphatic carbocycles. The van der Waals surface area contributed by atoms with E-state index in [4.69, 9.17) is 0 Å². The van der Waals surface area contributed by atoms with Crippen LogP contribution in [0.1, 0.15) is 6.92 Å². The summed E-state index contributed by atoms with van der Waals surface area (Å²) in [7, 11) is 0. The summed E-state index contributed by atoms with van der Waals surface area (Å²) < 4.78 is 0. The van der Waals surface area contributed by atoms with E-state index in [0.717, 1.165) is 29.8 Å². The van der Waals surface area contributed by atoms with Gasteiger partial charge in [0.1, 0.15) is 0 Å². The Bertz CT molecular complexity index is 770. The average Bonchev–Trinajstić information content (AvgIpc) is 2.94. The van der Waals surface area contributed by atoms with Gasteiger partial charge in [-0.3, -0.25) is 0 Å². The van der Waals surface area contributed by atoms with E-state index in [9.17, 15) is 9.59 Å². The molecule has 122 valence electrons. The van der Waals surface area contributed by atoms with Gasteiger partial charge < -0.3 is 25.1 Å². The minimum absolute atomic E-state index is 0.0424.